The average Bonchev–Trinajstić information content (AvgIpc) is 3.18. The summed E-state index contributed by atoms with van der Waals surface area (Å²) in [7, 11) is 1.86. The molecule has 1 unspecified atom stereocenters. The van der Waals surface area contributed by atoms with Crippen LogP contribution in [0.1, 0.15) is 17.5 Å². The molecule has 0 aliphatic carbocycles. The molecule has 2 aromatic rings. The van der Waals surface area contributed by atoms with Gasteiger partial charge in [-0.3, -0.25) is 4.99 Å². The van der Waals surface area contributed by atoms with Crippen LogP contribution in [0.3, 0.4) is 0 Å². The molecule has 144 valence electrons. The summed E-state index contributed by atoms with van der Waals surface area (Å²) in [6.07, 6.45) is 3.25. The molecule has 0 bridgehead atoms. The number of hydrogen-bond donors (Lipinski definition) is 1. The van der Waals surface area contributed by atoms with Crippen LogP contribution in [0.2, 0.25) is 0 Å². The molecule has 0 aromatic heterocycles. The van der Waals surface area contributed by atoms with Gasteiger partial charge in [0.05, 0.1) is 13.2 Å². The Morgan fingerprint density at radius 2 is 1.93 bits per heavy atom. The van der Waals surface area contributed by atoms with Gasteiger partial charge in [-0.25, -0.2) is 0 Å². The van der Waals surface area contributed by atoms with Crippen LogP contribution in [0.4, 0.5) is 0 Å². The van der Waals surface area contributed by atoms with E-state index < -0.39 is 0 Å². The molecule has 1 fully saturated rings. The third-order valence-corrected chi connectivity index (χ3v) is 5.62. The third-order valence-electron chi connectivity index (χ3n) is 4.87. The van der Waals surface area contributed by atoms with Crippen LogP contribution >= 0.6 is 11.8 Å². The first kappa shape index (κ1) is 19.8. The van der Waals surface area contributed by atoms with Crippen molar-refractivity contribution in [2.45, 2.75) is 24.5 Å². The van der Waals surface area contributed by atoms with E-state index >= 15 is 0 Å². The minimum absolute atomic E-state index is 0.563. The summed E-state index contributed by atoms with van der Waals surface area (Å²) >= 11 is 1.77. The lowest BCUT2D eigenvalue weighted by Gasteiger charge is -2.22. The molecule has 1 aliphatic rings. The zero-order valence-corrected chi connectivity index (χ0v) is 17.0. The maximum absolute atomic E-state index is 5.93. The van der Waals surface area contributed by atoms with Gasteiger partial charge in [-0.05, 0) is 35.9 Å². The van der Waals surface area contributed by atoms with Crippen molar-refractivity contribution in [3.05, 3.63) is 65.7 Å². The largest absolute Gasteiger partial charge is 0.376 e. The van der Waals surface area contributed by atoms with Crippen molar-refractivity contribution >= 4 is 17.7 Å². The number of guanidine groups is 1. The number of aliphatic imine (C=N–C) groups is 1. The second kappa shape index (κ2) is 10.4. The second-order valence-electron chi connectivity index (χ2n) is 6.85. The molecule has 1 N–H and O–H groups in total. The molecule has 0 saturated carbocycles. The van der Waals surface area contributed by atoms with Crippen LogP contribution in [0, 0.1) is 5.92 Å². The molecular weight excluding hydrogens is 354 g/mol. The number of hydrogen-bond acceptors (Lipinski definition) is 3. The molecule has 1 aliphatic heterocycles. The van der Waals surface area contributed by atoms with Crippen molar-refractivity contribution < 1.29 is 4.74 Å². The van der Waals surface area contributed by atoms with E-state index in [1.54, 1.807) is 11.8 Å². The molecule has 3 rings (SSSR count). The average molecular weight is 384 g/mol. The topological polar surface area (TPSA) is 36.9 Å². The van der Waals surface area contributed by atoms with Gasteiger partial charge in [0, 0.05) is 37.5 Å². The predicted octanol–water partition coefficient (Wildman–Crippen LogP) is 4.02. The Hall–Kier alpha value is -1.98. The van der Waals surface area contributed by atoms with Gasteiger partial charge in [0.15, 0.2) is 5.96 Å². The zero-order valence-electron chi connectivity index (χ0n) is 16.2. The summed E-state index contributed by atoms with van der Waals surface area (Å²) in [6.45, 7) is 4.33. The molecule has 2 aromatic carbocycles. The number of ether oxygens (including phenoxy) is 1. The summed E-state index contributed by atoms with van der Waals surface area (Å²) in [5, 5.41) is 3.50. The van der Waals surface area contributed by atoms with Gasteiger partial charge in [0.2, 0.25) is 0 Å². The molecule has 1 heterocycles. The highest BCUT2D eigenvalue weighted by atomic mass is 32.2. The van der Waals surface area contributed by atoms with E-state index in [9.17, 15) is 0 Å². The van der Waals surface area contributed by atoms with E-state index in [1.807, 2.05) is 13.1 Å². The Labute approximate surface area is 167 Å². The Morgan fingerprint density at radius 3 is 2.63 bits per heavy atom. The van der Waals surface area contributed by atoms with Crippen LogP contribution in [0.5, 0.6) is 0 Å². The molecule has 0 amide bonds. The highest BCUT2D eigenvalue weighted by Crippen LogP contribution is 2.18. The van der Waals surface area contributed by atoms with Crippen molar-refractivity contribution in [3.8, 4) is 0 Å². The van der Waals surface area contributed by atoms with Crippen molar-refractivity contribution in [3.63, 3.8) is 0 Å². The fourth-order valence-corrected chi connectivity index (χ4v) is 3.74. The first-order valence-corrected chi connectivity index (χ1v) is 10.7. The van der Waals surface area contributed by atoms with Gasteiger partial charge in [-0.1, -0.05) is 42.5 Å². The third kappa shape index (κ3) is 6.01. The quantitative estimate of drug-likeness (QED) is 0.445. The summed E-state index contributed by atoms with van der Waals surface area (Å²) in [5.41, 5.74) is 2.51. The number of rotatable bonds is 7. The van der Waals surface area contributed by atoms with Crippen molar-refractivity contribution in [2.24, 2.45) is 10.9 Å². The smallest absolute Gasteiger partial charge is 0.193 e. The summed E-state index contributed by atoms with van der Waals surface area (Å²) in [5.74, 6) is 1.54. The van der Waals surface area contributed by atoms with E-state index in [1.165, 1.54) is 16.0 Å². The van der Waals surface area contributed by atoms with Crippen molar-refractivity contribution in [1.82, 2.24) is 10.2 Å². The maximum Gasteiger partial charge on any atom is 0.193 e. The van der Waals surface area contributed by atoms with Gasteiger partial charge in [0.1, 0.15) is 0 Å². The van der Waals surface area contributed by atoms with E-state index in [4.69, 9.17) is 4.74 Å². The van der Waals surface area contributed by atoms with E-state index in [2.05, 4.69) is 70.0 Å². The first-order chi connectivity index (χ1) is 13.3. The predicted molar refractivity (Wildman–Crippen MR) is 114 cm³/mol. The molecule has 5 heteroatoms. The van der Waals surface area contributed by atoms with Crippen molar-refractivity contribution in [2.75, 3.05) is 33.0 Å². The molecule has 1 saturated heterocycles. The van der Waals surface area contributed by atoms with E-state index in [0.29, 0.717) is 12.5 Å². The number of nitrogens with zero attached hydrogens (tertiary/aromatic N) is 2. The first-order valence-electron chi connectivity index (χ1n) is 9.48. The Bertz CT molecular complexity index is 718. The van der Waals surface area contributed by atoms with E-state index in [0.717, 1.165) is 38.6 Å². The highest BCUT2D eigenvalue weighted by molar-refractivity contribution is 7.98. The lowest BCUT2D eigenvalue weighted by atomic mass is 10.1. The van der Waals surface area contributed by atoms with E-state index in [-0.39, 0.29) is 0 Å². The number of likely N-dealkylation sites (tertiary alicyclic amines) is 1. The second-order valence-corrected chi connectivity index (χ2v) is 7.73. The Kier molecular flexibility index (Phi) is 7.60. The Morgan fingerprint density at radius 1 is 1.15 bits per heavy atom. The molecule has 1 atom stereocenters. The van der Waals surface area contributed by atoms with Gasteiger partial charge in [-0.2, -0.15) is 0 Å². The number of thioether (sulfide) groups is 1. The monoisotopic (exact) mass is 383 g/mol. The van der Waals surface area contributed by atoms with Gasteiger partial charge >= 0.3 is 0 Å². The maximum atomic E-state index is 5.93. The van der Waals surface area contributed by atoms with Gasteiger partial charge in [-0.15, -0.1) is 11.8 Å². The van der Waals surface area contributed by atoms with Crippen LogP contribution in [0.25, 0.3) is 0 Å². The van der Waals surface area contributed by atoms with Crippen LogP contribution < -0.4 is 5.32 Å². The van der Waals surface area contributed by atoms with Gasteiger partial charge < -0.3 is 15.0 Å². The molecule has 27 heavy (non-hydrogen) atoms. The minimum Gasteiger partial charge on any atom is -0.376 e. The lowest BCUT2D eigenvalue weighted by Crippen LogP contribution is -2.39. The molecule has 0 spiro atoms. The van der Waals surface area contributed by atoms with Gasteiger partial charge in [0.25, 0.3) is 0 Å². The normalized spacial score (nSPS) is 17.3. The SMILES string of the molecule is CN=C(NCc1ccc(SC)cc1)N1CCC(COCc2ccccc2)C1. The molecular formula is C22H29N3OS. The van der Waals surface area contributed by atoms with Crippen LogP contribution in [-0.2, 0) is 17.9 Å². The van der Waals surface area contributed by atoms with Crippen LogP contribution in [-0.4, -0.2) is 43.9 Å². The number of benzene rings is 2. The molecule has 0 radical (unpaired) electrons. The highest BCUT2D eigenvalue weighted by Gasteiger charge is 2.24. The summed E-state index contributed by atoms with van der Waals surface area (Å²) < 4.78 is 5.93. The van der Waals surface area contributed by atoms with Crippen LogP contribution in [0.15, 0.2) is 64.5 Å². The summed E-state index contributed by atoms with van der Waals surface area (Å²) in [4.78, 5) is 8.10. The Balaban J connectivity index is 1.41. The summed E-state index contributed by atoms with van der Waals surface area (Å²) in [6, 6.07) is 19.1. The standard InChI is InChI=1S/C22H29N3OS/c1-23-22(24-14-18-8-10-21(27-2)11-9-18)25-13-12-20(15-25)17-26-16-19-6-4-3-5-7-19/h3-11,20H,12-17H2,1-2H3,(H,23,24). The lowest BCUT2D eigenvalue weighted by molar-refractivity contribution is 0.0906. The van der Waals surface area contributed by atoms with Crippen molar-refractivity contribution in [1.29, 1.82) is 0 Å². The molecule has 4 nitrogen and oxygen atoms in total. The fourth-order valence-electron chi connectivity index (χ4n) is 3.34. The number of nitrogens with one attached hydrogen (secondary N) is 1. The zero-order chi connectivity index (χ0) is 18.9. The fraction of sp³-hybridized carbons (Fsp3) is 0.409. The minimum atomic E-state index is 0.563.